The summed E-state index contributed by atoms with van der Waals surface area (Å²) in [5, 5.41) is 0. The zero-order valence-electron chi connectivity index (χ0n) is 8.77. The highest BCUT2D eigenvalue weighted by atomic mass is 14.7. The molecule has 2 fully saturated rings. The molecule has 0 aromatic rings. The average Bonchev–Trinajstić information content (AvgIpc) is 2.54. The second kappa shape index (κ2) is 2.75. The van der Waals surface area contributed by atoms with E-state index in [0.717, 1.165) is 23.2 Å². The lowest BCUT2D eigenvalue weighted by atomic mass is 9.80. The summed E-state index contributed by atoms with van der Waals surface area (Å²) < 4.78 is 0. The summed E-state index contributed by atoms with van der Waals surface area (Å²) in [6.07, 6.45) is 7.40. The Morgan fingerprint density at radius 3 is 2.08 bits per heavy atom. The van der Waals surface area contributed by atoms with Crippen LogP contribution in [0.5, 0.6) is 0 Å². The first kappa shape index (κ1) is 8.59. The van der Waals surface area contributed by atoms with E-state index in [1.165, 1.54) is 32.1 Å². The van der Waals surface area contributed by atoms with Crippen molar-refractivity contribution in [2.24, 2.45) is 23.2 Å². The molecule has 0 bridgehead atoms. The summed E-state index contributed by atoms with van der Waals surface area (Å²) in [6, 6.07) is 0. The maximum atomic E-state index is 2.55. The lowest BCUT2D eigenvalue weighted by molar-refractivity contribution is 0.250. The molecular weight excluding hydrogens is 144 g/mol. The molecule has 2 unspecified atom stereocenters. The van der Waals surface area contributed by atoms with Crippen molar-refractivity contribution < 1.29 is 0 Å². The van der Waals surface area contributed by atoms with Crippen molar-refractivity contribution in [2.75, 3.05) is 0 Å². The van der Waals surface area contributed by atoms with Crippen molar-refractivity contribution in [3.8, 4) is 0 Å². The normalized spacial score (nSPS) is 45.0. The molecule has 0 nitrogen and oxygen atoms in total. The van der Waals surface area contributed by atoms with E-state index in [2.05, 4.69) is 20.8 Å². The molecule has 0 aromatic heterocycles. The third-order valence-electron chi connectivity index (χ3n) is 4.87. The van der Waals surface area contributed by atoms with Crippen LogP contribution < -0.4 is 0 Å². The zero-order valence-corrected chi connectivity index (χ0v) is 8.77. The van der Waals surface area contributed by atoms with Gasteiger partial charge >= 0.3 is 0 Å². The van der Waals surface area contributed by atoms with Crippen LogP contribution in [0.15, 0.2) is 0 Å². The van der Waals surface area contributed by atoms with Gasteiger partial charge in [-0.25, -0.2) is 0 Å². The van der Waals surface area contributed by atoms with Crippen molar-refractivity contribution in [3.63, 3.8) is 0 Å². The summed E-state index contributed by atoms with van der Waals surface area (Å²) >= 11 is 0. The summed E-state index contributed by atoms with van der Waals surface area (Å²) in [7, 11) is 0. The summed E-state index contributed by atoms with van der Waals surface area (Å²) in [4.78, 5) is 0. The van der Waals surface area contributed by atoms with Crippen LogP contribution in [0.4, 0.5) is 0 Å². The van der Waals surface area contributed by atoms with Crippen LogP contribution in [0.1, 0.15) is 52.9 Å². The quantitative estimate of drug-likeness (QED) is 0.597. The lowest BCUT2D eigenvalue weighted by Gasteiger charge is -2.25. The SMILES string of the molecule is CCC(CC)C1(C)C2CCCC21. The van der Waals surface area contributed by atoms with Gasteiger partial charge in [-0.3, -0.25) is 0 Å². The fourth-order valence-electron chi connectivity index (χ4n) is 4.08. The van der Waals surface area contributed by atoms with Crippen LogP contribution in [-0.2, 0) is 0 Å². The number of hydrogen-bond acceptors (Lipinski definition) is 0. The molecule has 0 heterocycles. The van der Waals surface area contributed by atoms with Crippen molar-refractivity contribution in [1.29, 1.82) is 0 Å². The molecule has 0 N–H and O–H groups in total. The Morgan fingerprint density at radius 2 is 1.67 bits per heavy atom. The van der Waals surface area contributed by atoms with Crippen molar-refractivity contribution in [1.82, 2.24) is 0 Å². The van der Waals surface area contributed by atoms with Gasteiger partial charge in [-0.05, 0) is 36.0 Å². The van der Waals surface area contributed by atoms with E-state index in [1.807, 2.05) is 0 Å². The van der Waals surface area contributed by atoms with Gasteiger partial charge in [0.15, 0.2) is 0 Å². The number of rotatable bonds is 3. The Kier molecular flexibility index (Phi) is 1.97. The van der Waals surface area contributed by atoms with Crippen LogP contribution in [0.2, 0.25) is 0 Å². The van der Waals surface area contributed by atoms with Crippen molar-refractivity contribution in [2.45, 2.75) is 52.9 Å². The second-order valence-electron chi connectivity index (χ2n) is 5.02. The number of hydrogen-bond donors (Lipinski definition) is 0. The zero-order chi connectivity index (χ0) is 8.77. The molecule has 70 valence electrons. The Bertz CT molecular complexity index is 157. The van der Waals surface area contributed by atoms with Crippen LogP contribution in [0.3, 0.4) is 0 Å². The first-order valence-corrected chi connectivity index (χ1v) is 5.75. The first-order chi connectivity index (χ1) is 5.75. The highest BCUT2D eigenvalue weighted by Crippen LogP contribution is 2.71. The maximum Gasteiger partial charge on any atom is -0.0235 e. The highest BCUT2D eigenvalue weighted by Gasteiger charge is 2.64. The minimum absolute atomic E-state index is 0.780. The predicted molar refractivity (Wildman–Crippen MR) is 53.0 cm³/mol. The van der Waals surface area contributed by atoms with E-state index in [-0.39, 0.29) is 0 Å². The van der Waals surface area contributed by atoms with E-state index >= 15 is 0 Å². The lowest BCUT2D eigenvalue weighted by Crippen LogP contribution is -2.16. The van der Waals surface area contributed by atoms with Gasteiger partial charge in [-0.1, -0.05) is 40.0 Å². The molecule has 2 rings (SSSR count). The van der Waals surface area contributed by atoms with E-state index in [0.29, 0.717) is 0 Å². The van der Waals surface area contributed by atoms with Gasteiger partial charge < -0.3 is 0 Å². The van der Waals surface area contributed by atoms with Crippen LogP contribution in [0, 0.1) is 23.2 Å². The van der Waals surface area contributed by atoms with E-state index < -0.39 is 0 Å². The van der Waals surface area contributed by atoms with Gasteiger partial charge in [0.2, 0.25) is 0 Å². The summed E-state index contributed by atoms with van der Waals surface area (Å²) in [5.74, 6) is 3.28. The molecule has 2 aliphatic rings. The van der Waals surface area contributed by atoms with Gasteiger partial charge in [-0.2, -0.15) is 0 Å². The molecule has 12 heavy (non-hydrogen) atoms. The van der Waals surface area contributed by atoms with Gasteiger partial charge in [0, 0.05) is 0 Å². The molecule has 0 aromatic carbocycles. The van der Waals surface area contributed by atoms with E-state index in [9.17, 15) is 0 Å². The maximum absolute atomic E-state index is 2.55. The smallest absolute Gasteiger partial charge is 0.0235 e. The molecule has 0 radical (unpaired) electrons. The molecule has 0 spiro atoms. The molecule has 2 atom stereocenters. The topological polar surface area (TPSA) is 0 Å². The van der Waals surface area contributed by atoms with E-state index in [4.69, 9.17) is 0 Å². The molecule has 0 aliphatic heterocycles. The fourth-order valence-corrected chi connectivity index (χ4v) is 4.08. The molecule has 2 saturated carbocycles. The Morgan fingerprint density at radius 1 is 1.17 bits per heavy atom. The van der Waals surface area contributed by atoms with Crippen LogP contribution in [0.25, 0.3) is 0 Å². The number of fused-ring (bicyclic) bond motifs is 1. The van der Waals surface area contributed by atoms with Crippen LogP contribution >= 0.6 is 0 Å². The third kappa shape index (κ3) is 0.900. The van der Waals surface area contributed by atoms with Gasteiger partial charge in [-0.15, -0.1) is 0 Å². The third-order valence-corrected chi connectivity index (χ3v) is 4.87. The summed E-state index contributed by atoms with van der Waals surface area (Å²) in [6.45, 7) is 7.29. The molecule has 0 amide bonds. The largest absolute Gasteiger partial charge is 0.0651 e. The Hall–Kier alpha value is 0. The first-order valence-electron chi connectivity index (χ1n) is 5.75. The van der Waals surface area contributed by atoms with Gasteiger partial charge in [0.05, 0.1) is 0 Å². The fraction of sp³-hybridized carbons (Fsp3) is 1.00. The molecular formula is C12H22. The van der Waals surface area contributed by atoms with Crippen molar-refractivity contribution in [3.05, 3.63) is 0 Å². The minimum Gasteiger partial charge on any atom is -0.0651 e. The standard InChI is InChI=1S/C12H22/c1-4-9(5-2)12(3)10-7-6-8-11(10)12/h9-11H,4-8H2,1-3H3. The molecule has 0 heteroatoms. The monoisotopic (exact) mass is 166 g/mol. The van der Waals surface area contributed by atoms with E-state index in [1.54, 1.807) is 0 Å². The predicted octanol–water partition coefficient (Wildman–Crippen LogP) is 3.86. The minimum atomic E-state index is 0.780. The molecule has 2 aliphatic carbocycles. The summed E-state index contributed by atoms with van der Waals surface area (Å²) in [5.41, 5.74) is 0.780. The van der Waals surface area contributed by atoms with Gasteiger partial charge in [0.1, 0.15) is 0 Å². The van der Waals surface area contributed by atoms with Crippen molar-refractivity contribution >= 4 is 0 Å². The van der Waals surface area contributed by atoms with Crippen LogP contribution in [-0.4, -0.2) is 0 Å². The highest BCUT2D eigenvalue weighted by molar-refractivity contribution is 5.12. The Labute approximate surface area is 76.7 Å². The van der Waals surface area contributed by atoms with Gasteiger partial charge in [0.25, 0.3) is 0 Å². The average molecular weight is 166 g/mol. The Balaban J connectivity index is 2.04. The molecule has 0 saturated heterocycles. The second-order valence-corrected chi connectivity index (χ2v) is 5.02.